The van der Waals surface area contributed by atoms with Gasteiger partial charge in [-0.25, -0.2) is 4.39 Å². The molecule has 2 aliphatic heterocycles. The number of allylic oxidation sites excluding steroid dienone is 3. The largest absolute Gasteiger partial charge is 0.331 e. The minimum absolute atomic E-state index is 0.0183. The summed E-state index contributed by atoms with van der Waals surface area (Å²) in [5.41, 5.74) is 1.30. The van der Waals surface area contributed by atoms with E-state index in [1.165, 1.54) is 11.6 Å². The Balaban J connectivity index is 1.63. The summed E-state index contributed by atoms with van der Waals surface area (Å²) in [6.45, 7) is 6.37. The Kier molecular flexibility index (Phi) is 3.74. The number of carbonyl (C=O) groups is 1. The lowest BCUT2D eigenvalue weighted by Crippen LogP contribution is -2.55. The highest BCUT2D eigenvalue weighted by atomic mass is 19.1. The van der Waals surface area contributed by atoms with E-state index in [0.29, 0.717) is 18.5 Å². The van der Waals surface area contributed by atoms with Crippen molar-refractivity contribution in [2.24, 2.45) is 0 Å². The molecule has 108 valence electrons. The van der Waals surface area contributed by atoms with E-state index in [1.54, 1.807) is 6.08 Å². The number of fused-ring (bicyclic) bond motifs is 2. The number of amides is 1. The van der Waals surface area contributed by atoms with Crippen LogP contribution in [0.2, 0.25) is 0 Å². The standard InChI is InChI=1S/C16H21FN2O/c1-2-16(20)19-14-7-8-15(19)11-18(10-14)9-12-3-5-13(17)6-4-12/h2-3,5,14-15H,1,4,6-11H2. The summed E-state index contributed by atoms with van der Waals surface area (Å²) >= 11 is 0. The first kappa shape index (κ1) is 13.6. The van der Waals surface area contributed by atoms with Crippen LogP contribution in [-0.2, 0) is 4.79 Å². The molecule has 3 rings (SSSR count). The van der Waals surface area contributed by atoms with Gasteiger partial charge >= 0.3 is 0 Å². The maximum Gasteiger partial charge on any atom is 0.246 e. The molecule has 2 fully saturated rings. The highest BCUT2D eigenvalue weighted by Crippen LogP contribution is 2.31. The molecule has 0 spiro atoms. The summed E-state index contributed by atoms with van der Waals surface area (Å²) in [7, 11) is 0. The first-order chi connectivity index (χ1) is 9.67. The molecular formula is C16H21FN2O. The second-order valence-corrected chi connectivity index (χ2v) is 5.97. The van der Waals surface area contributed by atoms with Gasteiger partial charge in [-0.3, -0.25) is 9.69 Å². The molecule has 0 saturated carbocycles. The van der Waals surface area contributed by atoms with E-state index < -0.39 is 0 Å². The van der Waals surface area contributed by atoms with Crippen LogP contribution < -0.4 is 0 Å². The lowest BCUT2D eigenvalue weighted by molar-refractivity contribution is -0.131. The van der Waals surface area contributed by atoms with Gasteiger partial charge in [0.1, 0.15) is 5.83 Å². The molecule has 0 aromatic rings. The molecule has 0 aromatic carbocycles. The van der Waals surface area contributed by atoms with Crippen molar-refractivity contribution in [1.29, 1.82) is 0 Å². The lowest BCUT2D eigenvalue weighted by atomic mass is 10.0. The zero-order valence-corrected chi connectivity index (χ0v) is 11.7. The molecule has 4 heteroatoms. The van der Waals surface area contributed by atoms with Gasteiger partial charge in [0.15, 0.2) is 0 Å². The van der Waals surface area contributed by atoms with Crippen LogP contribution in [0.15, 0.2) is 36.2 Å². The number of nitrogens with zero attached hydrogens (tertiary/aromatic N) is 2. The second-order valence-electron chi connectivity index (χ2n) is 5.97. The van der Waals surface area contributed by atoms with Crippen molar-refractivity contribution in [2.45, 2.75) is 37.8 Å². The van der Waals surface area contributed by atoms with E-state index in [1.807, 2.05) is 11.0 Å². The Morgan fingerprint density at radius 1 is 1.30 bits per heavy atom. The molecule has 20 heavy (non-hydrogen) atoms. The van der Waals surface area contributed by atoms with Crippen molar-refractivity contribution >= 4 is 5.91 Å². The van der Waals surface area contributed by atoms with Crippen molar-refractivity contribution in [1.82, 2.24) is 9.80 Å². The van der Waals surface area contributed by atoms with Crippen molar-refractivity contribution in [2.75, 3.05) is 19.6 Å². The smallest absolute Gasteiger partial charge is 0.246 e. The molecule has 0 aromatic heterocycles. The predicted octanol–water partition coefficient (Wildman–Crippen LogP) is 2.42. The molecule has 2 atom stereocenters. The van der Waals surface area contributed by atoms with E-state index >= 15 is 0 Å². The fraction of sp³-hybridized carbons (Fsp3) is 0.562. The Bertz CT molecular complexity index is 469. The van der Waals surface area contributed by atoms with Crippen LogP contribution >= 0.6 is 0 Å². The number of hydrogen-bond acceptors (Lipinski definition) is 2. The minimum atomic E-state index is -0.0183. The average molecular weight is 276 g/mol. The molecule has 2 heterocycles. The summed E-state index contributed by atoms with van der Waals surface area (Å²) in [4.78, 5) is 16.3. The van der Waals surface area contributed by atoms with Crippen molar-refractivity contribution < 1.29 is 9.18 Å². The van der Waals surface area contributed by atoms with Crippen LogP contribution in [-0.4, -0.2) is 47.4 Å². The Morgan fingerprint density at radius 3 is 2.55 bits per heavy atom. The number of rotatable bonds is 3. The maximum absolute atomic E-state index is 13.0. The van der Waals surface area contributed by atoms with E-state index in [0.717, 1.165) is 38.9 Å². The van der Waals surface area contributed by atoms with Gasteiger partial charge in [0.2, 0.25) is 5.91 Å². The maximum atomic E-state index is 13.0. The quantitative estimate of drug-likeness (QED) is 0.739. The van der Waals surface area contributed by atoms with Crippen LogP contribution in [0.25, 0.3) is 0 Å². The van der Waals surface area contributed by atoms with Crippen molar-refractivity contribution in [3.05, 3.63) is 36.2 Å². The SMILES string of the molecule is C=CC(=O)N1C2CCC1CN(CC1=CC=C(F)CC1)C2. The zero-order chi connectivity index (χ0) is 14.1. The third-order valence-electron chi connectivity index (χ3n) is 4.60. The third kappa shape index (κ3) is 2.57. The highest BCUT2D eigenvalue weighted by Gasteiger charge is 2.41. The number of hydrogen-bond donors (Lipinski definition) is 0. The van der Waals surface area contributed by atoms with Crippen LogP contribution in [0.5, 0.6) is 0 Å². The molecule has 1 amide bonds. The van der Waals surface area contributed by atoms with E-state index in [4.69, 9.17) is 0 Å². The van der Waals surface area contributed by atoms with Gasteiger partial charge in [0.25, 0.3) is 0 Å². The van der Waals surface area contributed by atoms with E-state index in [2.05, 4.69) is 11.5 Å². The predicted molar refractivity (Wildman–Crippen MR) is 76.8 cm³/mol. The average Bonchev–Trinajstić information content (AvgIpc) is 2.72. The van der Waals surface area contributed by atoms with E-state index in [9.17, 15) is 9.18 Å². The van der Waals surface area contributed by atoms with Crippen molar-refractivity contribution in [3.63, 3.8) is 0 Å². The number of halogens is 1. The summed E-state index contributed by atoms with van der Waals surface area (Å²) in [5, 5.41) is 0. The van der Waals surface area contributed by atoms with Crippen LogP contribution in [0, 0.1) is 0 Å². The lowest BCUT2D eigenvalue weighted by Gasteiger charge is -2.41. The Hall–Kier alpha value is -1.42. The van der Waals surface area contributed by atoms with Crippen LogP contribution in [0.3, 0.4) is 0 Å². The summed E-state index contributed by atoms with van der Waals surface area (Å²) in [6.07, 6.45) is 8.48. The number of likely N-dealkylation sites (tertiary alicyclic amines) is 1. The fourth-order valence-corrected chi connectivity index (χ4v) is 3.66. The van der Waals surface area contributed by atoms with Crippen molar-refractivity contribution in [3.8, 4) is 0 Å². The van der Waals surface area contributed by atoms with Crippen LogP contribution in [0.4, 0.5) is 4.39 Å². The minimum Gasteiger partial charge on any atom is -0.331 e. The first-order valence-corrected chi connectivity index (χ1v) is 7.38. The third-order valence-corrected chi connectivity index (χ3v) is 4.60. The van der Waals surface area contributed by atoms with Gasteiger partial charge in [-0.1, -0.05) is 18.2 Å². The Labute approximate surface area is 119 Å². The monoisotopic (exact) mass is 276 g/mol. The molecule has 0 radical (unpaired) electrons. The van der Waals surface area contributed by atoms with Gasteiger partial charge in [0, 0.05) is 38.1 Å². The van der Waals surface area contributed by atoms with E-state index in [-0.39, 0.29) is 11.7 Å². The molecule has 2 saturated heterocycles. The van der Waals surface area contributed by atoms with Gasteiger partial charge in [0.05, 0.1) is 0 Å². The molecule has 3 aliphatic rings. The molecule has 2 bridgehead atoms. The van der Waals surface area contributed by atoms with Gasteiger partial charge < -0.3 is 4.90 Å². The molecular weight excluding hydrogens is 255 g/mol. The highest BCUT2D eigenvalue weighted by molar-refractivity contribution is 5.87. The zero-order valence-electron chi connectivity index (χ0n) is 11.7. The number of piperazine rings is 1. The van der Waals surface area contributed by atoms with Gasteiger partial charge in [-0.05, 0) is 31.4 Å². The van der Waals surface area contributed by atoms with Gasteiger partial charge in [-0.2, -0.15) is 0 Å². The second kappa shape index (κ2) is 5.52. The summed E-state index contributed by atoms with van der Waals surface area (Å²) < 4.78 is 13.0. The normalized spacial score (nSPS) is 29.9. The van der Waals surface area contributed by atoms with Gasteiger partial charge in [-0.15, -0.1) is 0 Å². The molecule has 0 N–H and O–H groups in total. The summed E-state index contributed by atoms with van der Waals surface area (Å²) in [5.74, 6) is 0.0502. The fourth-order valence-electron chi connectivity index (χ4n) is 3.66. The first-order valence-electron chi connectivity index (χ1n) is 7.38. The topological polar surface area (TPSA) is 23.6 Å². The molecule has 1 aliphatic carbocycles. The molecule has 3 nitrogen and oxygen atoms in total. The van der Waals surface area contributed by atoms with Crippen LogP contribution in [0.1, 0.15) is 25.7 Å². The number of carbonyl (C=O) groups excluding carboxylic acids is 1. The summed E-state index contributed by atoms with van der Waals surface area (Å²) in [6, 6.07) is 0.659. The molecule has 2 unspecified atom stereocenters. The Morgan fingerprint density at radius 2 is 2.00 bits per heavy atom.